The first-order chi connectivity index (χ1) is 28.7. The van der Waals surface area contributed by atoms with Gasteiger partial charge in [0.2, 0.25) is 0 Å². The normalized spacial score (nSPS) is 12.2. The number of fused-ring (bicyclic) bond motifs is 9. The van der Waals surface area contributed by atoms with E-state index in [9.17, 15) is 0 Å². The lowest BCUT2D eigenvalue weighted by Crippen LogP contribution is -2.14. The maximum absolute atomic E-state index is 7.03. The topological polar surface area (TPSA) is 28.9 Å². The highest BCUT2D eigenvalue weighted by atomic mass is 32.2. The number of nitrogens with zero attached hydrogens (tertiary/aromatic N) is 2. The van der Waals surface area contributed by atoms with Gasteiger partial charge in [-0.25, -0.2) is 0 Å². The number of anilines is 6. The van der Waals surface area contributed by atoms with Crippen molar-refractivity contribution >= 4 is 110 Å². The van der Waals surface area contributed by atoms with Gasteiger partial charge in [-0.2, -0.15) is 0 Å². The third-order valence-electron chi connectivity index (χ3n) is 11.1. The largest absolute Gasteiger partial charge is 0.456 e. The van der Waals surface area contributed by atoms with Crippen LogP contribution in [0.5, 0.6) is 11.5 Å². The van der Waals surface area contributed by atoms with E-state index >= 15 is 0 Å². The van der Waals surface area contributed by atoms with Crippen molar-refractivity contribution in [2.24, 2.45) is 0 Å². The van der Waals surface area contributed by atoms with Gasteiger partial charge in [0.15, 0.2) is 5.75 Å². The molecular formula is C52H32N2O2S2. The third kappa shape index (κ3) is 5.30. The molecule has 0 saturated heterocycles. The number of rotatable bonds is 6. The summed E-state index contributed by atoms with van der Waals surface area (Å²) in [7, 11) is 0. The van der Waals surface area contributed by atoms with E-state index in [1.54, 1.807) is 11.8 Å². The number of ether oxygens (including phenoxy) is 1. The SMILES string of the molecule is c1ccc(N(c2ccc3sc4ccccc4c3c2)c2cccc3c(N(c4ccccc4)c4ccc5c(c4)oc4ccccc45)c4c(cc23)Sc2ccccc2O4)cc1. The first-order valence-corrected chi connectivity index (χ1v) is 21.0. The first-order valence-electron chi connectivity index (χ1n) is 19.3. The Balaban J connectivity index is 1.15. The minimum Gasteiger partial charge on any atom is -0.456 e. The highest BCUT2D eigenvalue weighted by Crippen LogP contribution is 2.57. The summed E-state index contributed by atoms with van der Waals surface area (Å²) in [4.78, 5) is 6.87. The van der Waals surface area contributed by atoms with Crippen LogP contribution in [0, 0.1) is 0 Å². The average molecular weight is 781 g/mol. The molecule has 274 valence electrons. The van der Waals surface area contributed by atoms with Crippen molar-refractivity contribution in [2.45, 2.75) is 9.79 Å². The summed E-state index contributed by atoms with van der Waals surface area (Å²) in [6.07, 6.45) is 0. The molecule has 58 heavy (non-hydrogen) atoms. The van der Waals surface area contributed by atoms with E-state index in [4.69, 9.17) is 9.15 Å². The van der Waals surface area contributed by atoms with Gasteiger partial charge in [0.1, 0.15) is 16.9 Å². The van der Waals surface area contributed by atoms with Gasteiger partial charge in [0.05, 0.1) is 26.9 Å². The molecule has 2 aromatic heterocycles. The second-order valence-electron chi connectivity index (χ2n) is 14.5. The van der Waals surface area contributed by atoms with Crippen LogP contribution < -0.4 is 14.5 Å². The number of hydrogen-bond acceptors (Lipinski definition) is 6. The number of hydrogen-bond donors (Lipinski definition) is 0. The summed E-state index contributed by atoms with van der Waals surface area (Å²) < 4.78 is 16.1. The number of benzene rings is 9. The van der Waals surface area contributed by atoms with E-state index < -0.39 is 0 Å². The summed E-state index contributed by atoms with van der Waals surface area (Å²) in [5.74, 6) is 1.67. The number of thiophene rings is 1. The van der Waals surface area contributed by atoms with Crippen molar-refractivity contribution in [1.82, 2.24) is 0 Å². The highest BCUT2D eigenvalue weighted by molar-refractivity contribution is 7.99. The molecule has 0 amide bonds. The van der Waals surface area contributed by atoms with Crippen LogP contribution in [0.3, 0.4) is 0 Å². The first kappa shape index (κ1) is 33.2. The Kier molecular flexibility index (Phi) is 7.61. The fourth-order valence-electron chi connectivity index (χ4n) is 8.48. The van der Waals surface area contributed by atoms with Crippen molar-refractivity contribution in [2.75, 3.05) is 9.80 Å². The Morgan fingerprint density at radius 2 is 1.03 bits per heavy atom. The fraction of sp³-hybridized carbons (Fsp3) is 0. The Bertz CT molecular complexity index is 3370. The van der Waals surface area contributed by atoms with E-state index in [0.717, 1.165) is 88.1 Å². The van der Waals surface area contributed by atoms with E-state index in [0.29, 0.717) is 0 Å². The van der Waals surface area contributed by atoms with Gasteiger partial charge < -0.3 is 19.0 Å². The molecule has 3 heterocycles. The van der Waals surface area contributed by atoms with Crippen molar-refractivity contribution in [1.29, 1.82) is 0 Å². The second kappa shape index (κ2) is 13.3. The summed E-state index contributed by atoms with van der Waals surface area (Å²) in [6, 6.07) is 69.0. The van der Waals surface area contributed by atoms with Crippen LogP contribution in [0.25, 0.3) is 52.9 Å². The zero-order valence-electron chi connectivity index (χ0n) is 31.0. The molecule has 0 saturated carbocycles. The summed E-state index contributed by atoms with van der Waals surface area (Å²) in [5.41, 5.74) is 7.91. The predicted octanol–water partition coefficient (Wildman–Crippen LogP) is 16.3. The van der Waals surface area contributed by atoms with Gasteiger partial charge in [-0.3, -0.25) is 0 Å². The van der Waals surface area contributed by atoms with Crippen molar-refractivity contribution in [3.8, 4) is 11.5 Å². The maximum Gasteiger partial charge on any atom is 0.166 e. The second-order valence-corrected chi connectivity index (χ2v) is 16.6. The van der Waals surface area contributed by atoms with Gasteiger partial charge in [-0.1, -0.05) is 109 Å². The molecule has 6 heteroatoms. The van der Waals surface area contributed by atoms with E-state index in [1.807, 2.05) is 29.5 Å². The molecule has 0 aliphatic carbocycles. The zero-order valence-corrected chi connectivity index (χ0v) is 32.6. The van der Waals surface area contributed by atoms with Crippen molar-refractivity contribution in [3.63, 3.8) is 0 Å². The lowest BCUT2D eigenvalue weighted by Gasteiger charge is -2.33. The van der Waals surface area contributed by atoms with Crippen molar-refractivity contribution < 1.29 is 9.15 Å². The van der Waals surface area contributed by atoms with Crippen LogP contribution in [0.2, 0.25) is 0 Å². The molecule has 0 spiro atoms. The van der Waals surface area contributed by atoms with Gasteiger partial charge >= 0.3 is 0 Å². The Morgan fingerprint density at radius 1 is 0.379 bits per heavy atom. The minimum atomic E-state index is 0.819. The minimum absolute atomic E-state index is 0.819. The summed E-state index contributed by atoms with van der Waals surface area (Å²) in [5, 5.41) is 6.90. The van der Waals surface area contributed by atoms with E-state index in [-0.39, 0.29) is 0 Å². The quantitative estimate of drug-likeness (QED) is 0.168. The smallest absolute Gasteiger partial charge is 0.166 e. The Labute approximate surface area is 342 Å². The standard InChI is InChI=1S/C52H32N2O2S2/c1-3-14-33(15-4-1)53(35-27-29-48-42(30-35)39-19-8-11-24-47(39)57-48)43-21-13-20-40-41(43)32-50-52(56-45-23-10-12-25-49(45)58-50)51(40)54(34-16-5-2-6-17-34)36-26-28-38-37-18-7-9-22-44(37)55-46(38)31-36/h1-32H. The molecule has 1 aliphatic heterocycles. The average Bonchev–Trinajstić information content (AvgIpc) is 3.84. The van der Waals surface area contributed by atoms with Crippen LogP contribution in [0.1, 0.15) is 0 Å². The molecule has 0 fully saturated rings. The molecule has 0 atom stereocenters. The monoisotopic (exact) mass is 780 g/mol. The molecule has 0 radical (unpaired) electrons. The molecule has 0 unspecified atom stereocenters. The van der Waals surface area contributed by atoms with Crippen LogP contribution in [0.4, 0.5) is 34.1 Å². The van der Waals surface area contributed by atoms with Crippen molar-refractivity contribution in [3.05, 3.63) is 194 Å². The number of furan rings is 1. The van der Waals surface area contributed by atoms with Gasteiger partial charge in [-0.15, -0.1) is 11.3 Å². The third-order valence-corrected chi connectivity index (χ3v) is 13.3. The lowest BCUT2D eigenvalue weighted by molar-refractivity contribution is 0.456. The molecule has 12 rings (SSSR count). The maximum atomic E-state index is 7.03. The summed E-state index contributed by atoms with van der Waals surface area (Å²) >= 11 is 3.60. The predicted molar refractivity (Wildman–Crippen MR) is 244 cm³/mol. The molecule has 9 aromatic carbocycles. The van der Waals surface area contributed by atoms with Crippen LogP contribution in [-0.4, -0.2) is 0 Å². The molecule has 1 aliphatic rings. The molecule has 4 nitrogen and oxygen atoms in total. The van der Waals surface area contributed by atoms with E-state index in [1.165, 1.54) is 20.2 Å². The Hall–Kier alpha value is -6.99. The molecule has 0 N–H and O–H groups in total. The molecule has 0 bridgehead atoms. The highest BCUT2D eigenvalue weighted by Gasteiger charge is 2.30. The molecular weight excluding hydrogens is 749 g/mol. The van der Waals surface area contributed by atoms with Gasteiger partial charge in [0.25, 0.3) is 0 Å². The van der Waals surface area contributed by atoms with Gasteiger partial charge in [0, 0.05) is 64.8 Å². The number of para-hydroxylation sites is 4. The summed E-state index contributed by atoms with van der Waals surface area (Å²) in [6.45, 7) is 0. The van der Waals surface area contributed by atoms with E-state index in [2.05, 4.69) is 186 Å². The zero-order chi connectivity index (χ0) is 38.2. The van der Waals surface area contributed by atoms with Gasteiger partial charge in [-0.05, 0) is 91.0 Å². The van der Waals surface area contributed by atoms with Crippen LogP contribution >= 0.6 is 23.1 Å². The lowest BCUT2D eigenvalue weighted by atomic mass is 10.0. The van der Waals surface area contributed by atoms with Crippen LogP contribution in [0.15, 0.2) is 208 Å². The van der Waals surface area contributed by atoms with Crippen LogP contribution in [-0.2, 0) is 0 Å². The molecule has 11 aromatic rings. The Morgan fingerprint density at radius 3 is 1.90 bits per heavy atom. The fourth-order valence-corrected chi connectivity index (χ4v) is 10.6.